The molecule has 30 heavy (non-hydrogen) atoms. The average Bonchev–Trinajstić information content (AvgIpc) is 2.78. The van der Waals surface area contributed by atoms with Crippen molar-refractivity contribution in [1.29, 1.82) is 0 Å². The van der Waals surface area contributed by atoms with Crippen LogP contribution in [0.5, 0.6) is 5.75 Å². The Hall–Kier alpha value is -3.93. The van der Waals surface area contributed by atoms with Crippen LogP contribution in [0.1, 0.15) is 34.9 Å². The van der Waals surface area contributed by atoms with E-state index in [2.05, 4.69) is 10.6 Å². The molecule has 6 nitrogen and oxygen atoms in total. The van der Waals surface area contributed by atoms with Crippen molar-refractivity contribution in [1.82, 2.24) is 0 Å². The lowest BCUT2D eigenvalue weighted by Gasteiger charge is -2.26. The summed E-state index contributed by atoms with van der Waals surface area (Å²) in [6.45, 7) is 0. The van der Waals surface area contributed by atoms with Crippen molar-refractivity contribution in [2.24, 2.45) is 0 Å². The summed E-state index contributed by atoms with van der Waals surface area (Å²) in [5.41, 5.74) is 2.37. The minimum Gasteiger partial charge on any atom is -0.474 e. The van der Waals surface area contributed by atoms with E-state index < -0.39 is 6.10 Å². The second kappa shape index (κ2) is 8.61. The molecule has 3 aromatic carbocycles. The number of rotatable bonds is 6. The molecule has 0 saturated heterocycles. The van der Waals surface area contributed by atoms with E-state index in [4.69, 9.17) is 4.74 Å². The molecule has 2 N–H and O–H groups in total. The van der Waals surface area contributed by atoms with Crippen LogP contribution in [0.3, 0.4) is 0 Å². The molecule has 1 aliphatic heterocycles. The molecule has 4 rings (SSSR count). The summed E-state index contributed by atoms with van der Waals surface area (Å²) in [6, 6.07) is 23.2. The summed E-state index contributed by atoms with van der Waals surface area (Å²) in [5, 5.41) is 5.58. The van der Waals surface area contributed by atoms with Gasteiger partial charge in [-0.25, -0.2) is 0 Å². The molecule has 150 valence electrons. The number of carbonyl (C=O) groups excluding carboxylic acids is 3. The maximum atomic E-state index is 12.4. The number of Topliss-reactive ketones (excluding diaryl/α,β-unsaturated/α-hetero) is 1. The van der Waals surface area contributed by atoms with Crippen LogP contribution in [-0.4, -0.2) is 17.6 Å². The minimum absolute atomic E-state index is 0.0732. The number of ketones is 1. The second-order valence-corrected chi connectivity index (χ2v) is 6.95. The Morgan fingerprint density at radius 3 is 2.33 bits per heavy atom. The van der Waals surface area contributed by atoms with Crippen molar-refractivity contribution in [2.75, 3.05) is 10.6 Å². The molecule has 0 aromatic heterocycles. The Kier molecular flexibility index (Phi) is 5.57. The van der Waals surface area contributed by atoms with Crippen LogP contribution < -0.4 is 15.4 Å². The van der Waals surface area contributed by atoms with Gasteiger partial charge < -0.3 is 15.4 Å². The van der Waals surface area contributed by atoms with Gasteiger partial charge in [0.15, 0.2) is 5.78 Å². The number of amides is 2. The second-order valence-electron chi connectivity index (χ2n) is 6.95. The van der Waals surface area contributed by atoms with Gasteiger partial charge in [0.25, 0.3) is 5.91 Å². The maximum Gasteiger partial charge on any atom is 0.270 e. The van der Waals surface area contributed by atoms with Crippen molar-refractivity contribution >= 4 is 29.0 Å². The van der Waals surface area contributed by atoms with E-state index in [1.165, 1.54) is 0 Å². The Bertz CT molecular complexity index is 1080. The number of hydrogen-bond donors (Lipinski definition) is 2. The van der Waals surface area contributed by atoms with Gasteiger partial charge in [-0.2, -0.15) is 0 Å². The van der Waals surface area contributed by atoms with Crippen LogP contribution in [0.2, 0.25) is 0 Å². The number of nitrogens with one attached hydrogen (secondary N) is 2. The van der Waals surface area contributed by atoms with Gasteiger partial charge in [-0.05, 0) is 18.2 Å². The number of fused-ring (bicyclic) bond motifs is 1. The third-order valence-corrected chi connectivity index (χ3v) is 4.78. The van der Waals surface area contributed by atoms with Crippen LogP contribution >= 0.6 is 0 Å². The summed E-state index contributed by atoms with van der Waals surface area (Å²) < 4.78 is 5.85. The molecular weight excluding hydrogens is 380 g/mol. The molecule has 3 aromatic rings. The summed E-state index contributed by atoms with van der Waals surface area (Å²) in [4.78, 5) is 36.8. The normalized spacial score (nSPS) is 14.8. The van der Waals surface area contributed by atoms with Gasteiger partial charge in [0.1, 0.15) is 5.75 Å². The first-order chi connectivity index (χ1) is 14.6. The van der Waals surface area contributed by atoms with Crippen LogP contribution in [0.4, 0.5) is 11.4 Å². The zero-order valence-corrected chi connectivity index (χ0v) is 16.1. The predicted octanol–water partition coefficient (Wildman–Crippen LogP) is 4.36. The molecule has 0 bridgehead atoms. The molecule has 1 unspecified atom stereocenters. The van der Waals surface area contributed by atoms with Crippen LogP contribution in [0.15, 0.2) is 78.9 Å². The van der Waals surface area contributed by atoms with Gasteiger partial charge in [0, 0.05) is 29.7 Å². The summed E-state index contributed by atoms with van der Waals surface area (Å²) in [7, 11) is 0. The van der Waals surface area contributed by atoms with Crippen molar-refractivity contribution < 1.29 is 19.1 Å². The highest BCUT2D eigenvalue weighted by Gasteiger charge is 2.29. The van der Waals surface area contributed by atoms with Crippen molar-refractivity contribution in [2.45, 2.75) is 18.9 Å². The molecular formula is C24H20N2O4. The summed E-state index contributed by atoms with van der Waals surface area (Å²) >= 11 is 0. The largest absolute Gasteiger partial charge is 0.474 e. The smallest absolute Gasteiger partial charge is 0.270 e. The van der Waals surface area contributed by atoms with Gasteiger partial charge in [0.05, 0.1) is 5.69 Å². The van der Waals surface area contributed by atoms with E-state index in [-0.39, 0.29) is 30.4 Å². The Labute approximate surface area is 173 Å². The van der Waals surface area contributed by atoms with Gasteiger partial charge in [0.2, 0.25) is 12.0 Å². The van der Waals surface area contributed by atoms with E-state index in [1.807, 2.05) is 36.4 Å². The first-order valence-corrected chi connectivity index (χ1v) is 9.65. The standard InChI is InChI=1S/C24H20N2O4/c27-20(16-7-3-1-4-8-16)12-14-22(28)25-18-11-13-21-19(15-18)26-24(29)23(30-21)17-9-5-2-6-10-17/h1-11,13,15,23H,12,14H2,(H,25,28)(H,26,29). The van der Waals surface area contributed by atoms with Gasteiger partial charge in [-0.15, -0.1) is 0 Å². The van der Waals surface area contributed by atoms with E-state index in [0.717, 1.165) is 5.56 Å². The Balaban J connectivity index is 1.38. The number of ether oxygens (including phenoxy) is 1. The van der Waals surface area contributed by atoms with Gasteiger partial charge >= 0.3 is 0 Å². The van der Waals surface area contributed by atoms with Crippen LogP contribution in [0, 0.1) is 0 Å². The lowest BCUT2D eigenvalue weighted by atomic mass is 10.1. The lowest BCUT2D eigenvalue weighted by molar-refractivity contribution is -0.123. The van der Waals surface area contributed by atoms with Crippen molar-refractivity contribution in [3.05, 3.63) is 90.0 Å². The highest BCUT2D eigenvalue weighted by atomic mass is 16.5. The first kappa shape index (κ1) is 19.4. The minimum atomic E-state index is -0.719. The van der Waals surface area contributed by atoms with Gasteiger partial charge in [-0.3, -0.25) is 14.4 Å². The number of anilines is 2. The molecule has 0 spiro atoms. The zero-order chi connectivity index (χ0) is 20.9. The summed E-state index contributed by atoms with van der Waals surface area (Å²) in [5.74, 6) is -0.0976. The fourth-order valence-corrected chi connectivity index (χ4v) is 3.25. The first-order valence-electron chi connectivity index (χ1n) is 9.65. The van der Waals surface area contributed by atoms with Crippen LogP contribution in [-0.2, 0) is 9.59 Å². The van der Waals surface area contributed by atoms with E-state index in [0.29, 0.717) is 22.7 Å². The Morgan fingerprint density at radius 2 is 1.60 bits per heavy atom. The maximum absolute atomic E-state index is 12.4. The average molecular weight is 400 g/mol. The van der Waals surface area contributed by atoms with Crippen molar-refractivity contribution in [3.8, 4) is 5.75 Å². The lowest BCUT2D eigenvalue weighted by Crippen LogP contribution is -2.30. The van der Waals surface area contributed by atoms with Gasteiger partial charge in [-0.1, -0.05) is 60.7 Å². The molecule has 1 heterocycles. The number of hydrogen-bond acceptors (Lipinski definition) is 4. The molecule has 0 saturated carbocycles. The molecule has 1 atom stereocenters. The third-order valence-electron chi connectivity index (χ3n) is 4.78. The number of carbonyl (C=O) groups is 3. The third kappa shape index (κ3) is 4.38. The SMILES string of the molecule is O=C(CCC(=O)c1ccccc1)Nc1ccc2c(c1)NC(=O)C(c1ccccc1)O2. The summed E-state index contributed by atoms with van der Waals surface area (Å²) in [6.07, 6.45) is -0.522. The molecule has 2 amide bonds. The van der Waals surface area contributed by atoms with E-state index in [9.17, 15) is 14.4 Å². The quantitative estimate of drug-likeness (QED) is 0.602. The van der Waals surface area contributed by atoms with Crippen LogP contribution in [0.25, 0.3) is 0 Å². The molecule has 6 heteroatoms. The van der Waals surface area contributed by atoms with Crippen molar-refractivity contribution in [3.63, 3.8) is 0 Å². The molecule has 0 radical (unpaired) electrons. The Morgan fingerprint density at radius 1 is 0.900 bits per heavy atom. The topological polar surface area (TPSA) is 84.5 Å². The predicted molar refractivity (Wildman–Crippen MR) is 114 cm³/mol. The van der Waals surface area contributed by atoms with E-state index >= 15 is 0 Å². The highest BCUT2D eigenvalue weighted by molar-refractivity contribution is 6.01. The fraction of sp³-hybridized carbons (Fsp3) is 0.125. The monoisotopic (exact) mass is 400 g/mol. The van der Waals surface area contributed by atoms with E-state index in [1.54, 1.807) is 42.5 Å². The molecule has 0 fully saturated rings. The zero-order valence-electron chi connectivity index (χ0n) is 16.1. The molecule has 0 aliphatic carbocycles. The molecule has 1 aliphatic rings. The number of benzene rings is 3. The highest BCUT2D eigenvalue weighted by Crippen LogP contribution is 2.36. The fourth-order valence-electron chi connectivity index (χ4n) is 3.25.